The molecule has 2 saturated heterocycles. The summed E-state index contributed by atoms with van der Waals surface area (Å²) in [4.78, 5) is 41.5. The van der Waals surface area contributed by atoms with E-state index in [4.69, 9.17) is 4.84 Å². The highest BCUT2D eigenvalue weighted by molar-refractivity contribution is 6.01. The number of carbonyl (C=O) groups is 3. The van der Waals surface area contributed by atoms with Gasteiger partial charge in [-0.2, -0.15) is 0 Å². The normalized spacial score (nSPS) is 20.1. The summed E-state index contributed by atoms with van der Waals surface area (Å²) in [6.07, 6.45) is 7.26. The molecule has 0 saturated carbocycles. The van der Waals surface area contributed by atoms with Gasteiger partial charge in [0.1, 0.15) is 0 Å². The van der Waals surface area contributed by atoms with Crippen LogP contribution in [0.25, 0.3) is 0 Å². The molecule has 0 spiro atoms. The molecule has 2 amide bonds. The van der Waals surface area contributed by atoms with Gasteiger partial charge >= 0.3 is 5.97 Å². The first kappa shape index (κ1) is 15.9. The minimum atomic E-state index is -0.489. The van der Waals surface area contributed by atoms with E-state index in [1.54, 1.807) is 0 Å². The van der Waals surface area contributed by atoms with Crippen LogP contribution in [0, 0.1) is 0 Å². The van der Waals surface area contributed by atoms with Crippen molar-refractivity contribution in [3.8, 4) is 0 Å². The first-order chi connectivity index (χ1) is 10.2. The number of likely N-dealkylation sites (tertiary alicyclic amines) is 1. The molecule has 2 fully saturated rings. The van der Waals surface area contributed by atoms with Gasteiger partial charge in [-0.3, -0.25) is 9.59 Å². The van der Waals surface area contributed by atoms with Crippen LogP contribution >= 0.6 is 0 Å². The second-order valence-corrected chi connectivity index (χ2v) is 5.76. The highest BCUT2D eigenvalue weighted by Crippen LogP contribution is 2.14. The maximum atomic E-state index is 11.6. The van der Waals surface area contributed by atoms with Gasteiger partial charge in [-0.1, -0.05) is 12.8 Å². The molecule has 0 aromatic heterocycles. The Kier molecular flexibility index (Phi) is 6.17. The lowest BCUT2D eigenvalue weighted by Crippen LogP contribution is -2.32. The van der Waals surface area contributed by atoms with Crippen LogP contribution in [0.5, 0.6) is 0 Å². The molecule has 0 aromatic rings. The zero-order chi connectivity index (χ0) is 15.1. The molecule has 6 heteroatoms. The Morgan fingerprint density at radius 3 is 2.29 bits per heavy atom. The van der Waals surface area contributed by atoms with Crippen LogP contribution < -0.4 is 0 Å². The Balaban J connectivity index is 1.53. The van der Waals surface area contributed by atoms with Crippen molar-refractivity contribution in [1.29, 1.82) is 0 Å². The van der Waals surface area contributed by atoms with Crippen LogP contribution in [0.2, 0.25) is 0 Å². The molecule has 0 bridgehead atoms. The fourth-order valence-electron chi connectivity index (χ4n) is 2.77. The molecule has 21 heavy (non-hydrogen) atoms. The molecule has 6 nitrogen and oxygen atoms in total. The molecule has 0 aliphatic carbocycles. The lowest BCUT2D eigenvalue weighted by Gasteiger charge is -2.26. The first-order valence-electron chi connectivity index (χ1n) is 7.96. The van der Waals surface area contributed by atoms with Gasteiger partial charge in [-0.05, 0) is 45.3 Å². The zero-order valence-corrected chi connectivity index (χ0v) is 12.5. The van der Waals surface area contributed by atoms with E-state index in [1.165, 1.54) is 32.4 Å². The van der Waals surface area contributed by atoms with Gasteiger partial charge in [0, 0.05) is 19.3 Å². The molecule has 0 N–H and O–H groups in total. The molecule has 0 radical (unpaired) electrons. The van der Waals surface area contributed by atoms with Crippen molar-refractivity contribution in [2.75, 3.05) is 19.6 Å². The number of imide groups is 1. The summed E-state index contributed by atoms with van der Waals surface area (Å²) in [7, 11) is 0. The lowest BCUT2D eigenvalue weighted by molar-refractivity contribution is -0.197. The maximum absolute atomic E-state index is 11.6. The van der Waals surface area contributed by atoms with Crippen molar-refractivity contribution in [3.05, 3.63) is 0 Å². The molecule has 0 aromatic carbocycles. The Morgan fingerprint density at radius 1 is 0.952 bits per heavy atom. The van der Waals surface area contributed by atoms with Crippen molar-refractivity contribution in [1.82, 2.24) is 9.96 Å². The highest BCUT2D eigenvalue weighted by atomic mass is 16.7. The van der Waals surface area contributed by atoms with Gasteiger partial charge in [-0.25, -0.2) is 4.79 Å². The Morgan fingerprint density at radius 2 is 1.62 bits per heavy atom. The predicted octanol–water partition coefficient (Wildman–Crippen LogP) is 1.64. The summed E-state index contributed by atoms with van der Waals surface area (Å²) in [6.45, 7) is 3.49. The fraction of sp³-hybridized carbons (Fsp3) is 0.800. The third-order valence-corrected chi connectivity index (χ3v) is 4.00. The summed E-state index contributed by atoms with van der Waals surface area (Å²) in [6, 6.07) is 0. The Bertz CT molecular complexity index is 375. The number of hydroxylamine groups is 2. The van der Waals surface area contributed by atoms with Gasteiger partial charge in [0.25, 0.3) is 11.8 Å². The average Bonchev–Trinajstić information content (AvgIpc) is 2.80. The van der Waals surface area contributed by atoms with Crippen LogP contribution in [0.15, 0.2) is 0 Å². The summed E-state index contributed by atoms with van der Waals surface area (Å²) >= 11 is 0. The van der Waals surface area contributed by atoms with Crippen LogP contribution in [0.1, 0.15) is 57.8 Å². The summed E-state index contributed by atoms with van der Waals surface area (Å²) in [5, 5.41) is 0.621. The molecule has 0 atom stereocenters. The third kappa shape index (κ3) is 5.12. The quantitative estimate of drug-likeness (QED) is 0.528. The molecular formula is C15H24N2O4. The monoisotopic (exact) mass is 296 g/mol. The summed E-state index contributed by atoms with van der Waals surface area (Å²) in [5.74, 6) is -1.33. The minimum absolute atomic E-state index is 0.141. The lowest BCUT2D eigenvalue weighted by atomic mass is 10.1. The van der Waals surface area contributed by atoms with E-state index in [1.807, 2.05) is 0 Å². The van der Waals surface area contributed by atoms with Gasteiger partial charge < -0.3 is 9.74 Å². The number of carbonyl (C=O) groups excluding carboxylic acids is 3. The summed E-state index contributed by atoms with van der Waals surface area (Å²) in [5.41, 5.74) is 0. The number of hydrogen-bond acceptors (Lipinski definition) is 5. The standard InChI is InChI=1S/C15H24N2O4/c18-13-8-9-14(19)17(13)21-15(20)7-3-1-4-10-16-11-5-2-6-12-16/h1-12H2. The van der Waals surface area contributed by atoms with E-state index in [0.29, 0.717) is 5.06 Å². The van der Waals surface area contributed by atoms with E-state index in [2.05, 4.69) is 4.90 Å². The number of hydrogen-bond donors (Lipinski definition) is 0. The third-order valence-electron chi connectivity index (χ3n) is 4.00. The zero-order valence-electron chi connectivity index (χ0n) is 12.5. The van der Waals surface area contributed by atoms with Crippen LogP contribution in [-0.2, 0) is 19.2 Å². The van der Waals surface area contributed by atoms with Crippen LogP contribution in [0.3, 0.4) is 0 Å². The van der Waals surface area contributed by atoms with E-state index in [-0.39, 0.29) is 19.3 Å². The van der Waals surface area contributed by atoms with E-state index in [9.17, 15) is 14.4 Å². The molecular weight excluding hydrogens is 272 g/mol. The number of piperidine rings is 1. The smallest absolute Gasteiger partial charge is 0.330 e. The van der Waals surface area contributed by atoms with E-state index in [0.717, 1.165) is 25.8 Å². The SMILES string of the molecule is O=C(CCCCCN1CCCCC1)ON1C(=O)CCC1=O. The van der Waals surface area contributed by atoms with Crippen molar-refractivity contribution in [3.63, 3.8) is 0 Å². The van der Waals surface area contributed by atoms with E-state index < -0.39 is 17.8 Å². The van der Waals surface area contributed by atoms with Gasteiger partial charge in [0.2, 0.25) is 0 Å². The number of amides is 2. The van der Waals surface area contributed by atoms with Crippen LogP contribution in [0.4, 0.5) is 0 Å². The topological polar surface area (TPSA) is 66.9 Å². The predicted molar refractivity (Wildman–Crippen MR) is 75.9 cm³/mol. The number of nitrogens with zero attached hydrogens (tertiary/aromatic N) is 2. The molecule has 118 valence electrons. The molecule has 0 unspecified atom stereocenters. The van der Waals surface area contributed by atoms with Crippen molar-refractivity contribution in [2.45, 2.75) is 57.8 Å². The van der Waals surface area contributed by atoms with Crippen molar-refractivity contribution >= 4 is 17.8 Å². The molecule has 2 aliphatic rings. The van der Waals surface area contributed by atoms with Gasteiger partial charge in [0.15, 0.2) is 0 Å². The van der Waals surface area contributed by atoms with E-state index >= 15 is 0 Å². The number of unbranched alkanes of at least 4 members (excludes halogenated alkanes) is 2. The second-order valence-electron chi connectivity index (χ2n) is 5.76. The average molecular weight is 296 g/mol. The fourth-order valence-corrected chi connectivity index (χ4v) is 2.77. The molecule has 2 aliphatic heterocycles. The number of rotatable bonds is 7. The highest BCUT2D eigenvalue weighted by Gasteiger charge is 2.32. The molecule has 2 rings (SSSR count). The minimum Gasteiger partial charge on any atom is -0.330 e. The van der Waals surface area contributed by atoms with Crippen molar-refractivity contribution < 1.29 is 19.2 Å². The second kappa shape index (κ2) is 8.12. The summed E-state index contributed by atoms with van der Waals surface area (Å²) < 4.78 is 0. The Hall–Kier alpha value is -1.43. The largest absolute Gasteiger partial charge is 0.333 e. The van der Waals surface area contributed by atoms with Gasteiger partial charge in [0.05, 0.1) is 0 Å². The Labute approximate surface area is 125 Å². The molecule has 2 heterocycles. The first-order valence-corrected chi connectivity index (χ1v) is 7.96. The van der Waals surface area contributed by atoms with Crippen molar-refractivity contribution in [2.24, 2.45) is 0 Å². The van der Waals surface area contributed by atoms with Crippen LogP contribution in [-0.4, -0.2) is 47.4 Å². The van der Waals surface area contributed by atoms with Gasteiger partial charge in [-0.15, -0.1) is 5.06 Å². The maximum Gasteiger partial charge on any atom is 0.333 e.